The Morgan fingerprint density at radius 1 is 1.30 bits per heavy atom. The van der Waals surface area contributed by atoms with Crippen LogP contribution >= 0.6 is 15.9 Å². The molecule has 5 heteroatoms. The second kappa shape index (κ2) is 6.05. The molecule has 0 bridgehead atoms. The molecule has 3 nitrogen and oxygen atoms in total. The number of halogens is 2. The van der Waals surface area contributed by atoms with Crippen molar-refractivity contribution in [2.75, 3.05) is 7.05 Å². The van der Waals surface area contributed by atoms with Crippen LogP contribution in [-0.4, -0.2) is 23.0 Å². The predicted octanol–water partition coefficient (Wildman–Crippen LogP) is 3.57. The molecule has 0 saturated carbocycles. The number of amides is 1. The van der Waals surface area contributed by atoms with Crippen molar-refractivity contribution in [3.8, 4) is 5.75 Å². The lowest BCUT2D eigenvalue weighted by molar-refractivity contribution is 0.0779. The summed E-state index contributed by atoms with van der Waals surface area (Å²) < 4.78 is 14.3. The normalized spacial score (nSPS) is 10.3. The van der Waals surface area contributed by atoms with Crippen molar-refractivity contribution in [2.24, 2.45) is 0 Å². The van der Waals surface area contributed by atoms with Crippen molar-refractivity contribution < 1.29 is 14.3 Å². The quantitative estimate of drug-likeness (QED) is 0.930. The molecule has 1 N–H and O–H groups in total. The third-order valence-corrected chi connectivity index (χ3v) is 3.40. The van der Waals surface area contributed by atoms with Gasteiger partial charge in [-0.05, 0) is 24.3 Å². The van der Waals surface area contributed by atoms with Crippen LogP contribution in [0.5, 0.6) is 5.75 Å². The monoisotopic (exact) mass is 337 g/mol. The van der Waals surface area contributed by atoms with Gasteiger partial charge in [0.15, 0.2) is 0 Å². The van der Waals surface area contributed by atoms with Crippen LogP contribution in [-0.2, 0) is 6.54 Å². The molecule has 0 atom stereocenters. The second-order valence-corrected chi connectivity index (χ2v) is 5.33. The molecule has 0 spiro atoms. The van der Waals surface area contributed by atoms with Crippen LogP contribution in [0.1, 0.15) is 15.9 Å². The van der Waals surface area contributed by atoms with Crippen LogP contribution in [0.25, 0.3) is 0 Å². The fourth-order valence-corrected chi connectivity index (χ4v) is 2.17. The minimum atomic E-state index is -0.575. The molecule has 0 aliphatic heterocycles. The van der Waals surface area contributed by atoms with Gasteiger partial charge in [0, 0.05) is 23.6 Å². The Bertz CT molecular complexity index is 646. The first kappa shape index (κ1) is 14.5. The lowest BCUT2D eigenvalue weighted by Gasteiger charge is -2.18. The van der Waals surface area contributed by atoms with Gasteiger partial charge in [0.05, 0.1) is 5.56 Å². The molecule has 0 unspecified atom stereocenters. The number of nitrogens with zero attached hydrogens (tertiary/aromatic N) is 1. The van der Waals surface area contributed by atoms with Crippen LogP contribution in [0.3, 0.4) is 0 Å². The number of aromatic hydroxyl groups is 1. The molecule has 1 amide bonds. The number of benzene rings is 2. The summed E-state index contributed by atoms with van der Waals surface area (Å²) in [5.74, 6) is -0.893. The summed E-state index contributed by atoms with van der Waals surface area (Å²) in [7, 11) is 1.57. The first-order chi connectivity index (χ1) is 9.49. The number of hydrogen-bond acceptors (Lipinski definition) is 2. The van der Waals surface area contributed by atoms with Crippen molar-refractivity contribution in [3.05, 3.63) is 63.9 Å². The highest BCUT2D eigenvalue weighted by Crippen LogP contribution is 2.20. The maximum absolute atomic E-state index is 13.8. The maximum Gasteiger partial charge on any atom is 0.256 e. The van der Waals surface area contributed by atoms with Gasteiger partial charge in [0.1, 0.15) is 11.6 Å². The smallest absolute Gasteiger partial charge is 0.256 e. The van der Waals surface area contributed by atoms with Gasteiger partial charge in [0.2, 0.25) is 0 Å². The number of phenolic OH excluding ortho intramolecular Hbond substituents is 1. The Kier molecular flexibility index (Phi) is 4.39. The summed E-state index contributed by atoms with van der Waals surface area (Å²) >= 11 is 3.15. The van der Waals surface area contributed by atoms with Crippen molar-refractivity contribution in [2.45, 2.75) is 6.54 Å². The van der Waals surface area contributed by atoms with Gasteiger partial charge in [-0.3, -0.25) is 4.79 Å². The highest BCUT2D eigenvalue weighted by atomic mass is 79.9. The Morgan fingerprint density at radius 3 is 2.65 bits per heavy atom. The van der Waals surface area contributed by atoms with E-state index >= 15 is 0 Å². The van der Waals surface area contributed by atoms with E-state index in [0.29, 0.717) is 10.0 Å². The first-order valence-electron chi connectivity index (χ1n) is 5.96. The van der Waals surface area contributed by atoms with E-state index in [0.717, 1.165) is 0 Å². The topological polar surface area (TPSA) is 40.5 Å². The minimum Gasteiger partial charge on any atom is -0.508 e. The zero-order chi connectivity index (χ0) is 14.7. The van der Waals surface area contributed by atoms with E-state index < -0.39 is 11.7 Å². The largest absolute Gasteiger partial charge is 0.508 e. The molecule has 2 aromatic carbocycles. The summed E-state index contributed by atoms with van der Waals surface area (Å²) in [6, 6.07) is 11.0. The third-order valence-electron chi connectivity index (χ3n) is 2.91. The van der Waals surface area contributed by atoms with E-state index in [9.17, 15) is 14.3 Å². The standard InChI is InChI=1S/C15H13BrFNO2/c1-18(9-10-4-2-3-5-14(10)19)15(20)12-7-6-11(16)8-13(12)17/h2-8,19H,9H2,1H3. The highest BCUT2D eigenvalue weighted by molar-refractivity contribution is 9.10. The SMILES string of the molecule is CN(Cc1ccccc1O)C(=O)c1ccc(Br)cc1F. The van der Waals surface area contributed by atoms with Crippen LogP contribution in [0.15, 0.2) is 46.9 Å². The first-order valence-corrected chi connectivity index (χ1v) is 6.75. The average molecular weight is 338 g/mol. The summed E-state index contributed by atoms with van der Waals surface area (Å²) in [6.45, 7) is 0.209. The van der Waals surface area contributed by atoms with Crippen LogP contribution in [0, 0.1) is 5.82 Å². The summed E-state index contributed by atoms with van der Waals surface area (Å²) in [5, 5.41) is 9.68. The molecule has 2 rings (SSSR count). The van der Waals surface area contributed by atoms with Gasteiger partial charge in [-0.1, -0.05) is 34.1 Å². The minimum absolute atomic E-state index is 0.00567. The molecule has 0 aliphatic rings. The van der Waals surface area contributed by atoms with Gasteiger partial charge in [-0.15, -0.1) is 0 Å². The molecule has 0 heterocycles. The third kappa shape index (κ3) is 3.17. The summed E-state index contributed by atoms with van der Waals surface area (Å²) in [5.41, 5.74) is 0.618. The van der Waals surface area contributed by atoms with E-state index in [1.165, 1.54) is 17.0 Å². The average Bonchev–Trinajstić information content (AvgIpc) is 2.40. The van der Waals surface area contributed by atoms with E-state index in [2.05, 4.69) is 15.9 Å². The Hall–Kier alpha value is -1.88. The fraction of sp³-hybridized carbons (Fsp3) is 0.133. The second-order valence-electron chi connectivity index (χ2n) is 4.41. The predicted molar refractivity (Wildman–Crippen MR) is 78.0 cm³/mol. The van der Waals surface area contributed by atoms with Crippen molar-refractivity contribution in [3.63, 3.8) is 0 Å². The molecular weight excluding hydrogens is 325 g/mol. The zero-order valence-corrected chi connectivity index (χ0v) is 12.4. The number of rotatable bonds is 3. The van der Waals surface area contributed by atoms with Gasteiger partial charge < -0.3 is 10.0 Å². The number of carbonyl (C=O) groups is 1. The Morgan fingerprint density at radius 2 is 2.00 bits per heavy atom. The molecule has 0 saturated heterocycles. The lowest BCUT2D eigenvalue weighted by atomic mass is 10.1. The van der Waals surface area contributed by atoms with Crippen LogP contribution in [0.2, 0.25) is 0 Å². The van der Waals surface area contributed by atoms with E-state index in [1.54, 1.807) is 37.4 Å². The molecule has 104 valence electrons. The molecule has 20 heavy (non-hydrogen) atoms. The summed E-state index contributed by atoms with van der Waals surface area (Å²) in [4.78, 5) is 13.5. The Labute approximate surface area is 124 Å². The number of carbonyl (C=O) groups excluding carboxylic acids is 1. The van der Waals surface area contributed by atoms with E-state index in [4.69, 9.17) is 0 Å². The van der Waals surface area contributed by atoms with Gasteiger partial charge >= 0.3 is 0 Å². The van der Waals surface area contributed by atoms with Gasteiger partial charge in [0.25, 0.3) is 5.91 Å². The van der Waals surface area contributed by atoms with E-state index in [-0.39, 0.29) is 17.9 Å². The van der Waals surface area contributed by atoms with Crippen molar-refractivity contribution in [1.29, 1.82) is 0 Å². The maximum atomic E-state index is 13.8. The fourth-order valence-electron chi connectivity index (χ4n) is 1.84. The van der Waals surface area contributed by atoms with Gasteiger partial charge in [-0.2, -0.15) is 0 Å². The lowest BCUT2D eigenvalue weighted by Crippen LogP contribution is -2.27. The molecule has 0 fully saturated rings. The van der Waals surface area contributed by atoms with Crippen molar-refractivity contribution >= 4 is 21.8 Å². The van der Waals surface area contributed by atoms with Crippen molar-refractivity contribution in [1.82, 2.24) is 4.90 Å². The number of para-hydroxylation sites is 1. The van der Waals surface area contributed by atoms with Crippen LogP contribution < -0.4 is 0 Å². The molecular formula is C15H13BrFNO2. The Balaban J connectivity index is 2.19. The van der Waals surface area contributed by atoms with E-state index in [1.807, 2.05) is 0 Å². The molecule has 0 aromatic heterocycles. The molecule has 2 aromatic rings. The zero-order valence-electron chi connectivity index (χ0n) is 10.8. The van der Waals surface area contributed by atoms with Crippen LogP contribution in [0.4, 0.5) is 4.39 Å². The van der Waals surface area contributed by atoms with Gasteiger partial charge in [-0.25, -0.2) is 4.39 Å². The molecule has 0 aliphatic carbocycles. The number of hydrogen-bond donors (Lipinski definition) is 1. The highest BCUT2D eigenvalue weighted by Gasteiger charge is 2.17. The number of phenols is 1. The summed E-state index contributed by atoms with van der Waals surface area (Å²) in [6.07, 6.45) is 0. The molecule has 0 radical (unpaired) electrons.